The highest BCUT2D eigenvalue weighted by molar-refractivity contribution is 6.06. The van der Waals surface area contributed by atoms with Crippen molar-refractivity contribution < 1.29 is 9.59 Å². The summed E-state index contributed by atoms with van der Waals surface area (Å²) in [6.45, 7) is 2.05. The summed E-state index contributed by atoms with van der Waals surface area (Å²) >= 11 is 0. The molecule has 2 amide bonds. The minimum Gasteiger partial charge on any atom is -0.326 e. The summed E-state index contributed by atoms with van der Waals surface area (Å²) in [4.78, 5) is 36.8. The Morgan fingerprint density at radius 1 is 0.964 bits per heavy atom. The number of rotatable bonds is 4. The van der Waals surface area contributed by atoms with Gasteiger partial charge in [0.2, 0.25) is 5.91 Å². The lowest BCUT2D eigenvalue weighted by Gasteiger charge is -2.09. The number of aromatic nitrogens is 2. The van der Waals surface area contributed by atoms with Crippen LogP contribution in [0.2, 0.25) is 0 Å². The number of hydrogen-bond donors (Lipinski definition) is 2. The SMILES string of the molecule is C[C@H]1C[C@@H]1C(=O)Nc1cccc(C(=O)Nc2ccc3c(c2)n(C)c(=O)n3C)c1. The molecule has 1 aromatic heterocycles. The van der Waals surface area contributed by atoms with Crippen molar-refractivity contribution in [1.29, 1.82) is 0 Å². The van der Waals surface area contributed by atoms with Gasteiger partial charge in [0.1, 0.15) is 0 Å². The van der Waals surface area contributed by atoms with Crippen LogP contribution in [0.1, 0.15) is 23.7 Å². The van der Waals surface area contributed by atoms with E-state index in [9.17, 15) is 14.4 Å². The van der Waals surface area contributed by atoms with Crippen LogP contribution in [-0.2, 0) is 18.9 Å². The second-order valence-electron chi connectivity index (χ2n) is 7.45. The van der Waals surface area contributed by atoms with Crippen molar-refractivity contribution in [2.45, 2.75) is 13.3 Å². The molecule has 2 aromatic carbocycles. The van der Waals surface area contributed by atoms with E-state index in [4.69, 9.17) is 0 Å². The fourth-order valence-electron chi connectivity index (χ4n) is 3.45. The van der Waals surface area contributed by atoms with E-state index >= 15 is 0 Å². The molecule has 7 heteroatoms. The highest BCUT2D eigenvalue weighted by Crippen LogP contribution is 2.38. The highest BCUT2D eigenvalue weighted by atomic mass is 16.2. The number of carbonyl (C=O) groups is 2. The Hall–Kier alpha value is -3.35. The van der Waals surface area contributed by atoms with Crippen LogP contribution in [0, 0.1) is 11.8 Å². The molecule has 0 bridgehead atoms. The second-order valence-corrected chi connectivity index (χ2v) is 7.45. The number of hydrogen-bond acceptors (Lipinski definition) is 3. The number of imidazole rings is 1. The van der Waals surface area contributed by atoms with Crippen molar-refractivity contribution in [3.8, 4) is 0 Å². The summed E-state index contributed by atoms with van der Waals surface area (Å²) in [5.74, 6) is 0.216. The third-order valence-electron chi connectivity index (χ3n) is 5.37. The number of amides is 2. The molecule has 0 saturated heterocycles. The van der Waals surface area contributed by atoms with E-state index in [2.05, 4.69) is 10.6 Å². The van der Waals surface area contributed by atoms with Gasteiger partial charge >= 0.3 is 5.69 Å². The van der Waals surface area contributed by atoms with Crippen molar-refractivity contribution in [2.75, 3.05) is 10.6 Å². The fourth-order valence-corrected chi connectivity index (χ4v) is 3.45. The minimum absolute atomic E-state index is 0.000467. The Morgan fingerprint density at radius 3 is 2.36 bits per heavy atom. The average molecular weight is 378 g/mol. The average Bonchev–Trinajstić information content (AvgIpc) is 3.38. The summed E-state index contributed by atoms with van der Waals surface area (Å²) in [5.41, 5.74) is 3.07. The predicted molar refractivity (Wildman–Crippen MR) is 108 cm³/mol. The molecule has 2 N–H and O–H groups in total. The van der Waals surface area contributed by atoms with Gasteiger partial charge in [-0.3, -0.25) is 18.7 Å². The molecule has 1 heterocycles. The first-order valence-electron chi connectivity index (χ1n) is 9.23. The molecule has 144 valence electrons. The molecule has 0 aliphatic heterocycles. The number of carbonyl (C=O) groups excluding carboxylic acids is 2. The van der Waals surface area contributed by atoms with Crippen LogP contribution < -0.4 is 16.3 Å². The molecule has 3 aromatic rings. The molecule has 1 saturated carbocycles. The van der Waals surface area contributed by atoms with Gasteiger partial charge in [-0.05, 0) is 48.7 Å². The summed E-state index contributed by atoms with van der Waals surface area (Å²) in [7, 11) is 3.41. The van der Waals surface area contributed by atoms with Crippen molar-refractivity contribution in [1.82, 2.24) is 9.13 Å². The van der Waals surface area contributed by atoms with Gasteiger partial charge in [0.05, 0.1) is 11.0 Å². The molecular formula is C21H22N4O3. The molecule has 4 rings (SSSR count). The molecule has 1 aliphatic rings. The zero-order chi connectivity index (χ0) is 20.0. The number of anilines is 2. The molecule has 0 unspecified atom stereocenters. The van der Waals surface area contributed by atoms with Gasteiger partial charge < -0.3 is 10.6 Å². The molecule has 0 radical (unpaired) electrons. The van der Waals surface area contributed by atoms with Crippen LogP contribution in [0.15, 0.2) is 47.3 Å². The first kappa shape index (κ1) is 18.0. The van der Waals surface area contributed by atoms with Gasteiger partial charge in [-0.25, -0.2) is 4.79 Å². The van der Waals surface area contributed by atoms with E-state index in [0.717, 1.165) is 17.5 Å². The molecule has 28 heavy (non-hydrogen) atoms. The summed E-state index contributed by atoms with van der Waals surface area (Å²) in [6.07, 6.45) is 0.913. The summed E-state index contributed by atoms with van der Waals surface area (Å²) in [5, 5.41) is 5.73. The van der Waals surface area contributed by atoms with Gasteiger partial charge in [-0.2, -0.15) is 0 Å². The maximum Gasteiger partial charge on any atom is 0.328 e. The standard InChI is InChI=1S/C21H22N4O3/c1-12-9-16(12)20(27)23-14-6-4-5-13(10-14)19(26)22-15-7-8-17-18(11-15)25(3)21(28)24(17)2/h4-8,10-12,16H,9H2,1-3H3,(H,22,26)(H,23,27)/t12-,16-/m0/s1. The van der Waals surface area contributed by atoms with Gasteiger partial charge in [0, 0.05) is 37.0 Å². The van der Waals surface area contributed by atoms with E-state index in [1.54, 1.807) is 65.7 Å². The highest BCUT2D eigenvalue weighted by Gasteiger charge is 2.39. The molecular weight excluding hydrogens is 356 g/mol. The maximum atomic E-state index is 12.6. The molecule has 1 fully saturated rings. The molecule has 2 atom stereocenters. The topological polar surface area (TPSA) is 85.1 Å². The Morgan fingerprint density at radius 2 is 1.64 bits per heavy atom. The Kier molecular flexibility index (Phi) is 4.30. The molecule has 7 nitrogen and oxygen atoms in total. The van der Waals surface area contributed by atoms with Gasteiger partial charge in [-0.1, -0.05) is 13.0 Å². The lowest BCUT2D eigenvalue weighted by Crippen LogP contribution is -2.19. The van der Waals surface area contributed by atoms with Crippen LogP contribution >= 0.6 is 0 Å². The Balaban J connectivity index is 1.53. The number of nitrogens with zero attached hydrogens (tertiary/aromatic N) is 2. The maximum absolute atomic E-state index is 12.6. The number of nitrogens with one attached hydrogen (secondary N) is 2. The van der Waals surface area contributed by atoms with Crippen LogP contribution in [0.5, 0.6) is 0 Å². The Bertz CT molecular complexity index is 1160. The number of fused-ring (bicyclic) bond motifs is 1. The van der Waals surface area contributed by atoms with Crippen LogP contribution in [0.25, 0.3) is 11.0 Å². The van der Waals surface area contributed by atoms with Crippen molar-refractivity contribution in [2.24, 2.45) is 25.9 Å². The first-order valence-corrected chi connectivity index (χ1v) is 9.23. The third kappa shape index (κ3) is 3.19. The van der Waals surface area contributed by atoms with E-state index in [1.807, 2.05) is 6.92 Å². The van der Waals surface area contributed by atoms with E-state index < -0.39 is 0 Å². The van der Waals surface area contributed by atoms with Crippen molar-refractivity contribution >= 4 is 34.2 Å². The van der Waals surface area contributed by atoms with Crippen LogP contribution in [0.3, 0.4) is 0 Å². The zero-order valence-electron chi connectivity index (χ0n) is 16.0. The quantitative estimate of drug-likeness (QED) is 0.732. The van der Waals surface area contributed by atoms with Crippen LogP contribution in [-0.4, -0.2) is 20.9 Å². The van der Waals surface area contributed by atoms with Gasteiger partial charge in [0.15, 0.2) is 0 Å². The first-order chi connectivity index (χ1) is 13.3. The fraction of sp³-hybridized carbons (Fsp3) is 0.286. The molecule has 1 aliphatic carbocycles. The summed E-state index contributed by atoms with van der Waals surface area (Å²) in [6, 6.07) is 12.2. The summed E-state index contributed by atoms with van der Waals surface area (Å²) < 4.78 is 3.10. The predicted octanol–water partition coefficient (Wildman–Crippen LogP) is 2.72. The second kappa shape index (κ2) is 6.67. The largest absolute Gasteiger partial charge is 0.328 e. The minimum atomic E-state index is -0.281. The monoisotopic (exact) mass is 378 g/mol. The van der Waals surface area contributed by atoms with E-state index in [-0.39, 0.29) is 23.4 Å². The van der Waals surface area contributed by atoms with E-state index in [0.29, 0.717) is 22.9 Å². The lowest BCUT2D eigenvalue weighted by atomic mass is 10.1. The third-order valence-corrected chi connectivity index (χ3v) is 5.37. The number of aryl methyl sites for hydroxylation is 2. The van der Waals surface area contributed by atoms with E-state index in [1.165, 1.54) is 0 Å². The van der Waals surface area contributed by atoms with Crippen LogP contribution in [0.4, 0.5) is 11.4 Å². The smallest absolute Gasteiger partial charge is 0.326 e. The Labute approximate surface area is 162 Å². The molecule has 0 spiro atoms. The zero-order valence-corrected chi connectivity index (χ0v) is 16.0. The van der Waals surface area contributed by atoms with Crippen molar-refractivity contribution in [3.05, 3.63) is 58.5 Å². The van der Waals surface area contributed by atoms with Gasteiger partial charge in [-0.15, -0.1) is 0 Å². The normalized spacial score (nSPS) is 18.1. The lowest BCUT2D eigenvalue weighted by molar-refractivity contribution is -0.117. The van der Waals surface area contributed by atoms with Gasteiger partial charge in [0.25, 0.3) is 5.91 Å². The number of benzene rings is 2. The van der Waals surface area contributed by atoms with Crippen molar-refractivity contribution in [3.63, 3.8) is 0 Å².